The number of benzene rings is 2. The van der Waals surface area contributed by atoms with E-state index >= 15 is 0 Å². The van der Waals surface area contributed by atoms with Crippen LogP contribution in [0.1, 0.15) is 11.1 Å². The van der Waals surface area contributed by atoms with Crippen LogP contribution in [0.3, 0.4) is 0 Å². The van der Waals surface area contributed by atoms with Gasteiger partial charge in [0.1, 0.15) is 11.5 Å². The molecule has 2 rings (SSSR count). The van der Waals surface area contributed by atoms with Crippen LogP contribution < -0.4 is 20.1 Å². The van der Waals surface area contributed by atoms with Gasteiger partial charge >= 0.3 is 0 Å². The summed E-state index contributed by atoms with van der Waals surface area (Å²) in [5.41, 5.74) is 9.03. The number of hydrogen-bond donors (Lipinski definition) is 1. The first kappa shape index (κ1) is 15.2. The number of nitrogens with zero attached hydrogens (tertiary/aromatic N) is 1. The largest absolute Gasteiger partial charge is 0.497 e. The van der Waals surface area contributed by atoms with Gasteiger partial charge in [0.25, 0.3) is 0 Å². The maximum atomic E-state index is 5.72. The lowest BCUT2D eigenvalue weighted by Gasteiger charge is -2.21. The molecule has 0 aromatic heterocycles. The summed E-state index contributed by atoms with van der Waals surface area (Å²) >= 11 is 0. The standard InChI is InChI=1S/C17H22N2O2/c1-19(15-5-4-6-16(10-15)20-2)12-14-9-13(11-18)7-8-17(14)21-3/h4-10H,11-12,18H2,1-3H3. The summed E-state index contributed by atoms with van der Waals surface area (Å²) in [6, 6.07) is 14.0. The third-order valence-corrected chi connectivity index (χ3v) is 3.48. The zero-order valence-electron chi connectivity index (χ0n) is 12.8. The minimum atomic E-state index is 0.528. The van der Waals surface area contributed by atoms with Gasteiger partial charge in [-0.2, -0.15) is 0 Å². The molecule has 112 valence electrons. The molecule has 0 aliphatic heterocycles. The summed E-state index contributed by atoms with van der Waals surface area (Å²) in [6.07, 6.45) is 0. The first-order valence-corrected chi connectivity index (χ1v) is 6.89. The summed E-state index contributed by atoms with van der Waals surface area (Å²) in [5, 5.41) is 0. The van der Waals surface area contributed by atoms with Crippen molar-refractivity contribution >= 4 is 5.69 Å². The summed E-state index contributed by atoms with van der Waals surface area (Å²) < 4.78 is 10.7. The first-order valence-electron chi connectivity index (χ1n) is 6.89. The number of ether oxygens (including phenoxy) is 2. The molecule has 0 saturated heterocycles. The summed E-state index contributed by atoms with van der Waals surface area (Å²) in [6.45, 7) is 1.27. The van der Waals surface area contributed by atoms with E-state index in [2.05, 4.69) is 17.0 Å². The number of hydrogen-bond acceptors (Lipinski definition) is 4. The quantitative estimate of drug-likeness (QED) is 0.887. The van der Waals surface area contributed by atoms with Crippen molar-refractivity contribution in [1.82, 2.24) is 0 Å². The van der Waals surface area contributed by atoms with Crippen LogP contribution in [0.4, 0.5) is 5.69 Å². The second kappa shape index (κ2) is 6.99. The average molecular weight is 286 g/mol. The SMILES string of the molecule is COc1cccc(N(C)Cc2cc(CN)ccc2OC)c1. The Morgan fingerprint density at radius 1 is 1.05 bits per heavy atom. The van der Waals surface area contributed by atoms with Crippen LogP contribution >= 0.6 is 0 Å². The molecule has 0 fully saturated rings. The zero-order chi connectivity index (χ0) is 15.2. The molecule has 2 N–H and O–H groups in total. The molecule has 0 amide bonds. The van der Waals surface area contributed by atoms with Gasteiger partial charge in [0.15, 0.2) is 0 Å². The number of nitrogens with two attached hydrogens (primary N) is 1. The Labute approximate surface area is 126 Å². The van der Waals surface area contributed by atoms with Gasteiger partial charge in [-0.1, -0.05) is 12.1 Å². The van der Waals surface area contributed by atoms with Crippen molar-refractivity contribution in [3.05, 3.63) is 53.6 Å². The molecule has 2 aromatic carbocycles. The van der Waals surface area contributed by atoms with Crippen LogP contribution in [0.5, 0.6) is 11.5 Å². The molecule has 2 aromatic rings. The molecule has 0 atom stereocenters. The van der Waals surface area contributed by atoms with Gasteiger partial charge in [-0.3, -0.25) is 0 Å². The lowest BCUT2D eigenvalue weighted by Crippen LogP contribution is -2.17. The predicted octanol–water partition coefficient (Wildman–Crippen LogP) is 2.80. The Kier molecular flexibility index (Phi) is 5.06. The molecule has 0 aliphatic carbocycles. The summed E-state index contributed by atoms with van der Waals surface area (Å²) in [4.78, 5) is 2.15. The van der Waals surface area contributed by atoms with Crippen LogP contribution in [-0.2, 0) is 13.1 Å². The average Bonchev–Trinajstić information content (AvgIpc) is 2.54. The molecule has 0 unspecified atom stereocenters. The molecule has 0 saturated carbocycles. The second-order valence-corrected chi connectivity index (χ2v) is 4.91. The number of rotatable bonds is 6. The van der Waals surface area contributed by atoms with E-state index in [1.165, 1.54) is 0 Å². The Morgan fingerprint density at radius 3 is 2.52 bits per heavy atom. The normalized spacial score (nSPS) is 10.3. The highest BCUT2D eigenvalue weighted by atomic mass is 16.5. The van der Waals surface area contributed by atoms with E-state index in [1.54, 1.807) is 14.2 Å². The van der Waals surface area contributed by atoms with Crippen molar-refractivity contribution in [2.45, 2.75) is 13.1 Å². The van der Waals surface area contributed by atoms with E-state index in [1.807, 2.05) is 37.4 Å². The fraction of sp³-hybridized carbons (Fsp3) is 0.294. The topological polar surface area (TPSA) is 47.7 Å². The maximum Gasteiger partial charge on any atom is 0.123 e. The molecular weight excluding hydrogens is 264 g/mol. The van der Waals surface area contributed by atoms with Crippen molar-refractivity contribution in [3.63, 3.8) is 0 Å². The Morgan fingerprint density at radius 2 is 1.86 bits per heavy atom. The van der Waals surface area contributed by atoms with Gasteiger partial charge in [0.2, 0.25) is 0 Å². The van der Waals surface area contributed by atoms with Crippen molar-refractivity contribution < 1.29 is 9.47 Å². The molecule has 0 bridgehead atoms. The third kappa shape index (κ3) is 3.67. The fourth-order valence-corrected chi connectivity index (χ4v) is 2.28. The summed E-state index contributed by atoms with van der Waals surface area (Å²) in [7, 11) is 5.41. The van der Waals surface area contributed by atoms with E-state index in [9.17, 15) is 0 Å². The highest BCUT2D eigenvalue weighted by molar-refractivity contribution is 5.51. The Balaban J connectivity index is 2.23. The molecule has 4 nitrogen and oxygen atoms in total. The minimum absolute atomic E-state index is 0.528. The van der Waals surface area contributed by atoms with Gasteiger partial charge < -0.3 is 20.1 Å². The monoisotopic (exact) mass is 286 g/mol. The van der Waals surface area contributed by atoms with Crippen molar-refractivity contribution in [2.75, 3.05) is 26.2 Å². The van der Waals surface area contributed by atoms with Crippen LogP contribution in [0.2, 0.25) is 0 Å². The van der Waals surface area contributed by atoms with Crippen LogP contribution in [0, 0.1) is 0 Å². The van der Waals surface area contributed by atoms with Crippen molar-refractivity contribution in [2.24, 2.45) is 5.73 Å². The molecule has 4 heteroatoms. The molecular formula is C17H22N2O2. The molecule has 0 radical (unpaired) electrons. The van der Waals surface area contributed by atoms with E-state index in [0.717, 1.165) is 34.9 Å². The van der Waals surface area contributed by atoms with Gasteiger partial charge in [-0.25, -0.2) is 0 Å². The van der Waals surface area contributed by atoms with Crippen LogP contribution in [-0.4, -0.2) is 21.3 Å². The highest BCUT2D eigenvalue weighted by Crippen LogP contribution is 2.25. The van der Waals surface area contributed by atoms with E-state index in [0.29, 0.717) is 6.54 Å². The van der Waals surface area contributed by atoms with Crippen LogP contribution in [0.15, 0.2) is 42.5 Å². The third-order valence-electron chi connectivity index (χ3n) is 3.48. The molecule has 0 spiro atoms. The predicted molar refractivity (Wildman–Crippen MR) is 86.0 cm³/mol. The minimum Gasteiger partial charge on any atom is -0.497 e. The van der Waals surface area contributed by atoms with E-state index in [4.69, 9.17) is 15.2 Å². The van der Waals surface area contributed by atoms with Gasteiger partial charge in [-0.05, 0) is 29.8 Å². The van der Waals surface area contributed by atoms with Crippen LogP contribution in [0.25, 0.3) is 0 Å². The fourth-order valence-electron chi connectivity index (χ4n) is 2.28. The highest BCUT2D eigenvalue weighted by Gasteiger charge is 2.09. The van der Waals surface area contributed by atoms with Gasteiger partial charge in [0.05, 0.1) is 14.2 Å². The maximum absolute atomic E-state index is 5.72. The first-order chi connectivity index (χ1) is 10.2. The lowest BCUT2D eigenvalue weighted by atomic mass is 10.1. The van der Waals surface area contributed by atoms with Gasteiger partial charge in [-0.15, -0.1) is 0 Å². The molecule has 0 aliphatic rings. The van der Waals surface area contributed by atoms with Gasteiger partial charge in [0, 0.05) is 37.5 Å². The lowest BCUT2D eigenvalue weighted by molar-refractivity contribution is 0.409. The molecule has 0 heterocycles. The zero-order valence-corrected chi connectivity index (χ0v) is 12.8. The molecule has 21 heavy (non-hydrogen) atoms. The number of anilines is 1. The van der Waals surface area contributed by atoms with Crippen molar-refractivity contribution in [3.8, 4) is 11.5 Å². The Bertz CT molecular complexity index is 599. The smallest absolute Gasteiger partial charge is 0.123 e. The van der Waals surface area contributed by atoms with E-state index in [-0.39, 0.29) is 0 Å². The Hall–Kier alpha value is -2.20. The van der Waals surface area contributed by atoms with Crippen molar-refractivity contribution in [1.29, 1.82) is 0 Å². The van der Waals surface area contributed by atoms with E-state index < -0.39 is 0 Å². The second-order valence-electron chi connectivity index (χ2n) is 4.91. The number of methoxy groups -OCH3 is 2. The summed E-state index contributed by atoms with van der Waals surface area (Å²) in [5.74, 6) is 1.73.